The lowest BCUT2D eigenvalue weighted by molar-refractivity contribution is -0.160. The lowest BCUT2D eigenvalue weighted by Gasteiger charge is -2.35. The Morgan fingerprint density at radius 2 is 2.04 bits per heavy atom. The highest BCUT2D eigenvalue weighted by molar-refractivity contribution is 5.94. The number of hydrogen-bond donors (Lipinski definition) is 1. The van der Waals surface area contributed by atoms with Crippen LogP contribution in [0.2, 0.25) is 0 Å². The van der Waals surface area contributed by atoms with Crippen molar-refractivity contribution in [3.63, 3.8) is 0 Å². The van der Waals surface area contributed by atoms with E-state index < -0.39 is 12.1 Å². The molecule has 1 N–H and O–H groups in total. The molecule has 7 heteroatoms. The van der Waals surface area contributed by atoms with E-state index in [1.54, 1.807) is 19.1 Å². The summed E-state index contributed by atoms with van der Waals surface area (Å²) >= 11 is 0. The average molecular weight is 356 g/mol. The molecule has 1 aliphatic heterocycles. The standard InChI is InChI=1S/C19H20N2O5/c1-13-10-21(11-16(26-13)19(23)24)18(22)15-7-8-20-17(9-15)25-12-14-5-3-2-4-6-14/h2-9,13,16H,10-12H2,1H3,(H,23,24)/t13-,16?/m1/s1. The second-order valence-electron chi connectivity index (χ2n) is 6.14. The second-order valence-corrected chi connectivity index (χ2v) is 6.14. The van der Waals surface area contributed by atoms with Crippen molar-refractivity contribution in [1.29, 1.82) is 0 Å². The quantitative estimate of drug-likeness (QED) is 0.881. The van der Waals surface area contributed by atoms with Gasteiger partial charge in [-0.25, -0.2) is 9.78 Å². The molecule has 136 valence electrons. The Hall–Kier alpha value is -2.93. The first-order valence-electron chi connectivity index (χ1n) is 8.33. The van der Waals surface area contributed by atoms with Gasteiger partial charge in [-0.15, -0.1) is 0 Å². The first-order chi connectivity index (χ1) is 12.5. The fourth-order valence-corrected chi connectivity index (χ4v) is 2.79. The third-order valence-corrected chi connectivity index (χ3v) is 4.03. The number of nitrogens with zero attached hydrogens (tertiary/aromatic N) is 2. The van der Waals surface area contributed by atoms with Crippen molar-refractivity contribution in [1.82, 2.24) is 9.88 Å². The minimum atomic E-state index is -1.07. The summed E-state index contributed by atoms with van der Waals surface area (Å²) in [6.07, 6.45) is 0.148. The summed E-state index contributed by atoms with van der Waals surface area (Å²) in [7, 11) is 0. The zero-order valence-electron chi connectivity index (χ0n) is 14.4. The van der Waals surface area contributed by atoms with Gasteiger partial charge in [-0.3, -0.25) is 4.79 Å². The van der Waals surface area contributed by atoms with Gasteiger partial charge < -0.3 is 19.5 Å². The normalized spacial score (nSPS) is 19.8. The molecule has 1 aliphatic rings. The van der Waals surface area contributed by atoms with Crippen molar-refractivity contribution >= 4 is 11.9 Å². The molecular formula is C19H20N2O5. The lowest BCUT2D eigenvalue weighted by atomic mass is 10.1. The number of morpholine rings is 1. The van der Waals surface area contributed by atoms with Crippen LogP contribution in [-0.4, -0.2) is 52.2 Å². The van der Waals surface area contributed by atoms with Crippen LogP contribution in [-0.2, 0) is 16.1 Å². The van der Waals surface area contributed by atoms with Crippen LogP contribution in [0.4, 0.5) is 0 Å². The van der Waals surface area contributed by atoms with Gasteiger partial charge in [0.25, 0.3) is 5.91 Å². The van der Waals surface area contributed by atoms with Crippen LogP contribution in [0.15, 0.2) is 48.7 Å². The number of aromatic nitrogens is 1. The number of carboxylic acid groups (broad SMARTS) is 1. The van der Waals surface area contributed by atoms with Crippen LogP contribution in [0, 0.1) is 0 Å². The Kier molecular flexibility index (Phi) is 5.48. The van der Waals surface area contributed by atoms with Gasteiger partial charge in [0.15, 0.2) is 6.10 Å². The minimum Gasteiger partial charge on any atom is -0.479 e. The zero-order chi connectivity index (χ0) is 18.5. The monoisotopic (exact) mass is 356 g/mol. The molecule has 0 bridgehead atoms. The summed E-state index contributed by atoms with van der Waals surface area (Å²) < 4.78 is 11.0. The predicted octanol–water partition coefficient (Wildman–Crippen LogP) is 1.97. The van der Waals surface area contributed by atoms with Gasteiger partial charge in [0.1, 0.15) is 6.61 Å². The molecule has 2 heterocycles. The SMILES string of the molecule is C[C@@H]1CN(C(=O)c2ccnc(OCc3ccccc3)c2)CC(C(=O)O)O1. The number of carbonyl (C=O) groups excluding carboxylic acids is 1. The van der Waals surface area contributed by atoms with Gasteiger partial charge >= 0.3 is 5.97 Å². The summed E-state index contributed by atoms with van der Waals surface area (Å²) in [5.41, 5.74) is 1.40. The molecule has 1 saturated heterocycles. The molecule has 0 radical (unpaired) electrons. The molecule has 0 saturated carbocycles. The van der Waals surface area contributed by atoms with Gasteiger partial charge in [0.05, 0.1) is 12.6 Å². The molecular weight excluding hydrogens is 336 g/mol. The molecule has 2 atom stereocenters. The van der Waals surface area contributed by atoms with Crippen LogP contribution < -0.4 is 4.74 Å². The van der Waals surface area contributed by atoms with Crippen molar-refractivity contribution in [2.24, 2.45) is 0 Å². The van der Waals surface area contributed by atoms with Crippen LogP contribution in [0.25, 0.3) is 0 Å². The highest BCUT2D eigenvalue weighted by Crippen LogP contribution is 2.17. The van der Waals surface area contributed by atoms with E-state index in [1.165, 1.54) is 11.1 Å². The Morgan fingerprint density at radius 3 is 2.77 bits per heavy atom. The van der Waals surface area contributed by atoms with Crippen LogP contribution in [0.3, 0.4) is 0 Å². The lowest BCUT2D eigenvalue weighted by Crippen LogP contribution is -2.51. The molecule has 1 aromatic heterocycles. The van der Waals surface area contributed by atoms with Crippen molar-refractivity contribution in [3.8, 4) is 5.88 Å². The van der Waals surface area contributed by atoms with Crippen molar-refractivity contribution in [3.05, 3.63) is 59.8 Å². The predicted molar refractivity (Wildman–Crippen MR) is 92.9 cm³/mol. The van der Waals surface area contributed by atoms with Crippen LogP contribution in [0.1, 0.15) is 22.8 Å². The summed E-state index contributed by atoms with van der Waals surface area (Å²) in [6.45, 7) is 2.45. The molecule has 1 fully saturated rings. The highest BCUT2D eigenvalue weighted by Gasteiger charge is 2.33. The van der Waals surface area contributed by atoms with Gasteiger partial charge in [-0.05, 0) is 18.6 Å². The third-order valence-electron chi connectivity index (χ3n) is 4.03. The summed E-state index contributed by atoms with van der Waals surface area (Å²) in [4.78, 5) is 29.5. The van der Waals surface area contributed by atoms with Crippen molar-refractivity contribution in [2.75, 3.05) is 13.1 Å². The molecule has 26 heavy (non-hydrogen) atoms. The largest absolute Gasteiger partial charge is 0.479 e. The number of aliphatic carboxylic acids is 1. The number of benzene rings is 1. The van der Waals surface area contributed by atoms with E-state index in [-0.39, 0.29) is 18.6 Å². The maximum atomic E-state index is 12.7. The Morgan fingerprint density at radius 1 is 1.27 bits per heavy atom. The van der Waals surface area contributed by atoms with Gasteiger partial charge in [0, 0.05) is 24.4 Å². The van der Waals surface area contributed by atoms with Gasteiger partial charge in [-0.2, -0.15) is 0 Å². The number of hydrogen-bond acceptors (Lipinski definition) is 5. The topological polar surface area (TPSA) is 89.0 Å². The maximum Gasteiger partial charge on any atom is 0.334 e. The molecule has 0 aliphatic carbocycles. The molecule has 1 aromatic carbocycles. The van der Waals surface area contributed by atoms with Crippen molar-refractivity contribution in [2.45, 2.75) is 25.7 Å². The number of carboxylic acids is 1. The molecule has 1 unspecified atom stereocenters. The summed E-state index contributed by atoms with van der Waals surface area (Å²) in [5.74, 6) is -0.995. The van der Waals surface area contributed by atoms with E-state index >= 15 is 0 Å². The van der Waals surface area contributed by atoms with Crippen LogP contribution >= 0.6 is 0 Å². The smallest absolute Gasteiger partial charge is 0.334 e. The first-order valence-corrected chi connectivity index (χ1v) is 8.33. The molecule has 1 amide bonds. The highest BCUT2D eigenvalue weighted by atomic mass is 16.5. The number of pyridine rings is 1. The third kappa shape index (κ3) is 4.37. The summed E-state index contributed by atoms with van der Waals surface area (Å²) in [5, 5.41) is 9.16. The maximum absolute atomic E-state index is 12.7. The molecule has 7 nitrogen and oxygen atoms in total. The van der Waals surface area contributed by atoms with E-state index in [0.717, 1.165) is 5.56 Å². The Bertz CT molecular complexity index is 781. The van der Waals surface area contributed by atoms with Crippen LogP contribution in [0.5, 0.6) is 5.88 Å². The molecule has 0 spiro atoms. The van der Waals surface area contributed by atoms with E-state index in [0.29, 0.717) is 24.6 Å². The van der Waals surface area contributed by atoms with E-state index in [2.05, 4.69) is 4.98 Å². The average Bonchev–Trinajstić information content (AvgIpc) is 2.66. The second kappa shape index (κ2) is 7.97. The van der Waals surface area contributed by atoms with E-state index in [9.17, 15) is 9.59 Å². The number of carbonyl (C=O) groups is 2. The number of amides is 1. The molecule has 3 rings (SSSR count). The minimum absolute atomic E-state index is 0.0149. The fourth-order valence-electron chi connectivity index (χ4n) is 2.79. The Labute approximate surface area is 151 Å². The van der Waals surface area contributed by atoms with E-state index in [1.807, 2.05) is 30.3 Å². The van der Waals surface area contributed by atoms with Crippen molar-refractivity contribution < 1.29 is 24.2 Å². The number of ether oxygens (including phenoxy) is 2. The zero-order valence-corrected chi connectivity index (χ0v) is 14.4. The number of rotatable bonds is 5. The Balaban J connectivity index is 1.68. The fraction of sp³-hybridized carbons (Fsp3) is 0.316. The van der Waals surface area contributed by atoms with Gasteiger partial charge in [-0.1, -0.05) is 30.3 Å². The molecule has 2 aromatic rings. The van der Waals surface area contributed by atoms with Gasteiger partial charge in [0.2, 0.25) is 5.88 Å². The summed E-state index contributed by atoms with van der Waals surface area (Å²) in [6, 6.07) is 12.8. The first kappa shape index (κ1) is 17.9. The van der Waals surface area contributed by atoms with E-state index in [4.69, 9.17) is 14.6 Å².